The van der Waals surface area contributed by atoms with Gasteiger partial charge >= 0.3 is 0 Å². The Hall–Kier alpha value is -0.740. The summed E-state index contributed by atoms with van der Waals surface area (Å²) in [5.41, 5.74) is 0. The van der Waals surface area contributed by atoms with Gasteiger partial charge in [-0.3, -0.25) is 4.79 Å². The van der Waals surface area contributed by atoms with E-state index >= 15 is 0 Å². The molecule has 1 heterocycles. The lowest BCUT2D eigenvalue weighted by Crippen LogP contribution is -2.10. The van der Waals surface area contributed by atoms with Crippen molar-refractivity contribution >= 4 is 17.1 Å². The van der Waals surface area contributed by atoms with Crippen LogP contribution in [0.5, 0.6) is 0 Å². The number of rotatable bonds is 6. The number of hydrogen-bond donors (Lipinski definition) is 1. The van der Waals surface area contributed by atoms with Gasteiger partial charge in [-0.2, -0.15) is 0 Å². The number of hydrogen-bond acceptors (Lipinski definition) is 4. The van der Waals surface area contributed by atoms with Gasteiger partial charge in [0.1, 0.15) is 5.78 Å². The van der Waals surface area contributed by atoms with Crippen molar-refractivity contribution in [3.05, 3.63) is 16.6 Å². The number of Topliss-reactive ketones (excluding diaryl/α,β-unsaturated/α-hetero) is 1. The number of nitrogens with zero attached hydrogens (tertiary/aromatic N) is 1. The van der Waals surface area contributed by atoms with Crippen LogP contribution in [0.15, 0.2) is 11.6 Å². The molecule has 0 spiro atoms. The van der Waals surface area contributed by atoms with Crippen LogP contribution in [0.4, 0.5) is 0 Å². The molecule has 1 aromatic rings. The fraction of sp³-hybridized carbons (Fsp3) is 0.556. The molecule has 0 radical (unpaired) electrons. The number of thiazole rings is 1. The summed E-state index contributed by atoms with van der Waals surface area (Å²) >= 11 is 1.54. The van der Waals surface area contributed by atoms with Crippen molar-refractivity contribution in [2.24, 2.45) is 0 Å². The third-order valence-electron chi connectivity index (χ3n) is 1.71. The summed E-state index contributed by atoms with van der Waals surface area (Å²) in [5, 5.41) is 5.84. The highest BCUT2D eigenvalue weighted by Gasteiger charge is 2.04. The lowest BCUT2D eigenvalue weighted by molar-refractivity contribution is -0.118. The zero-order valence-corrected chi connectivity index (χ0v) is 8.56. The Morgan fingerprint density at radius 3 is 3.15 bits per heavy atom. The highest BCUT2D eigenvalue weighted by molar-refractivity contribution is 7.09. The minimum Gasteiger partial charge on any atom is -0.320 e. The summed E-state index contributed by atoms with van der Waals surface area (Å²) in [5.74, 6) is 0.283. The quantitative estimate of drug-likeness (QED) is 0.700. The van der Waals surface area contributed by atoms with E-state index in [0.717, 1.165) is 18.0 Å². The Balaban J connectivity index is 2.18. The monoisotopic (exact) mass is 198 g/mol. The minimum absolute atomic E-state index is 0.283. The summed E-state index contributed by atoms with van der Waals surface area (Å²) in [7, 11) is 1.89. The largest absolute Gasteiger partial charge is 0.320 e. The SMILES string of the molecule is CNCCCC(=O)Cc1nccs1. The Labute approximate surface area is 82.2 Å². The predicted molar refractivity (Wildman–Crippen MR) is 54.0 cm³/mol. The van der Waals surface area contributed by atoms with Crippen molar-refractivity contribution in [3.63, 3.8) is 0 Å². The van der Waals surface area contributed by atoms with Gasteiger partial charge in [0.05, 0.1) is 11.4 Å². The van der Waals surface area contributed by atoms with Crippen molar-refractivity contribution in [1.82, 2.24) is 10.3 Å². The molecule has 0 aromatic carbocycles. The van der Waals surface area contributed by atoms with Crippen LogP contribution in [0.25, 0.3) is 0 Å². The Morgan fingerprint density at radius 2 is 2.54 bits per heavy atom. The number of carbonyl (C=O) groups is 1. The molecule has 0 aliphatic carbocycles. The van der Waals surface area contributed by atoms with Gasteiger partial charge in [-0.15, -0.1) is 11.3 Å². The van der Waals surface area contributed by atoms with Crippen molar-refractivity contribution in [1.29, 1.82) is 0 Å². The average molecular weight is 198 g/mol. The molecule has 1 N–H and O–H groups in total. The molecule has 0 bridgehead atoms. The second-order valence-corrected chi connectivity index (χ2v) is 3.83. The van der Waals surface area contributed by atoms with Crippen LogP contribution in [0.1, 0.15) is 17.8 Å². The van der Waals surface area contributed by atoms with Crippen LogP contribution in [0.3, 0.4) is 0 Å². The first kappa shape index (κ1) is 10.3. The molecular formula is C9H14N2OS. The number of aromatic nitrogens is 1. The summed E-state index contributed by atoms with van der Waals surface area (Å²) in [4.78, 5) is 15.4. The van der Waals surface area contributed by atoms with Crippen molar-refractivity contribution in [2.75, 3.05) is 13.6 Å². The fourth-order valence-electron chi connectivity index (χ4n) is 1.06. The van der Waals surface area contributed by atoms with E-state index < -0.39 is 0 Å². The van der Waals surface area contributed by atoms with Crippen LogP contribution in [0, 0.1) is 0 Å². The molecule has 13 heavy (non-hydrogen) atoms. The maximum absolute atomic E-state index is 11.3. The van der Waals surface area contributed by atoms with Gasteiger partial charge in [-0.05, 0) is 20.0 Å². The topological polar surface area (TPSA) is 42.0 Å². The zero-order valence-electron chi connectivity index (χ0n) is 7.75. The molecule has 72 valence electrons. The van der Waals surface area contributed by atoms with E-state index in [1.54, 1.807) is 17.5 Å². The Kier molecular flexibility index (Phi) is 4.64. The standard InChI is InChI=1S/C9H14N2OS/c1-10-4-2-3-8(12)7-9-11-5-6-13-9/h5-6,10H,2-4,7H2,1H3. The van der Waals surface area contributed by atoms with E-state index in [4.69, 9.17) is 0 Å². The molecule has 0 fully saturated rings. The molecule has 0 amide bonds. The Bertz CT molecular complexity index is 246. The molecule has 4 heteroatoms. The lowest BCUT2D eigenvalue weighted by Gasteiger charge is -1.97. The molecule has 0 saturated carbocycles. The fourth-order valence-corrected chi connectivity index (χ4v) is 1.70. The molecule has 3 nitrogen and oxygen atoms in total. The maximum atomic E-state index is 11.3. The first-order valence-electron chi connectivity index (χ1n) is 4.37. The second kappa shape index (κ2) is 5.83. The normalized spacial score (nSPS) is 10.2. The Morgan fingerprint density at radius 1 is 1.69 bits per heavy atom. The minimum atomic E-state index is 0.283. The van der Waals surface area contributed by atoms with E-state index in [2.05, 4.69) is 10.3 Å². The predicted octanol–water partition coefficient (Wildman–Crippen LogP) is 1.25. The highest BCUT2D eigenvalue weighted by atomic mass is 32.1. The van der Waals surface area contributed by atoms with E-state index in [1.165, 1.54) is 0 Å². The maximum Gasteiger partial charge on any atom is 0.139 e. The first-order valence-corrected chi connectivity index (χ1v) is 5.25. The van der Waals surface area contributed by atoms with Crippen LogP contribution in [-0.4, -0.2) is 24.4 Å². The molecule has 1 aromatic heterocycles. The highest BCUT2D eigenvalue weighted by Crippen LogP contribution is 2.06. The number of carbonyl (C=O) groups excluding carboxylic acids is 1. The molecule has 1 rings (SSSR count). The number of ketones is 1. The van der Waals surface area contributed by atoms with Crippen LogP contribution in [-0.2, 0) is 11.2 Å². The molecule has 0 aliphatic heterocycles. The van der Waals surface area contributed by atoms with Gasteiger partial charge in [0, 0.05) is 18.0 Å². The summed E-state index contributed by atoms with van der Waals surface area (Å²) < 4.78 is 0. The third kappa shape index (κ3) is 4.15. The molecule has 0 atom stereocenters. The van der Waals surface area contributed by atoms with Gasteiger partial charge in [-0.25, -0.2) is 4.98 Å². The van der Waals surface area contributed by atoms with Crippen LogP contribution in [0.2, 0.25) is 0 Å². The summed E-state index contributed by atoms with van der Waals surface area (Å²) in [6.45, 7) is 0.906. The third-order valence-corrected chi connectivity index (χ3v) is 2.49. The van der Waals surface area contributed by atoms with Crippen molar-refractivity contribution < 1.29 is 4.79 Å². The van der Waals surface area contributed by atoms with Crippen LogP contribution >= 0.6 is 11.3 Å². The average Bonchev–Trinajstić information content (AvgIpc) is 2.57. The second-order valence-electron chi connectivity index (χ2n) is 2.85. The number of nitrogens with one attached hydrogen (secondary N) is 1. The molecule has 0 aliphatic rings. The van der Waals surface area contributed by atoms with Crippen LogP contribution < -0.4 is 5.32 Å². The van der Waals surface area contributed by atoms with Gasteiger partial charge in [0.2, 0.25) is 0 Å². The van der Waals surface area contributed by atoms with Gasteiger partial charge in [-0.1, -0.05) is 0 Å². The van der Waals surface area contributed by atoms with E-state index in [9.17, 15) is 4.79 Å². The first-order chi connectivity index (χ1) is 6.33. The summed E-state index contributed by atoms with van der Waals surface area (Å²) in [6.07, 6.45) is 3.81. The van der Waals surface area contributed by atoms with E-state index in [0.29, 0.717) is 12.8 Å². The lowest BCUT2D eigenvalue weighted by atomic mass is 10.2. The molecule has 0 unspecified atom stereocenters. The van der Waals surface area contributed by atoms with E-state index in [1.807, 2.05) is 12.4 Å². The van der Waals surface area contributed by atoms with E-state index in [-0.39, 0.29) is 5.78 Å². The summed E-state index contributed by atoms with van der Waals surface area (Å²) in [6, 6.07) is 0. The molecule has 0 saturated heterocycles. The van der Waals surface area contributed by atoms with Gasteiger partial charge in [0.25, 0.3) is 0 Å². The zero-order chi connectivity index (χ0) is 9.52. The van der Waals surface area contributed by atoms with Crippen molar-refractivity contribution in [2.45, 2.75) is 19.3 Å². The molecular weight excluding hydrogens is 184 g/mol. The smallest absolute Gasteiger partial charge is 0.139 e. The van der Waals surface area contributed by atoms with Crippen molar-refractivity contribution in [3.8, 4) is 0 Å². The van der Waals surface area contributed by atoms with Gasteiger partial charge in [0.15, 0.2) is 0 Å². The van der Waals surface area contributed by atoms with Gasteiger partial charge < -0.3 is 5.32 Å².